The van der Waals surface area contributed by atoms with Gasteiger partial charge in [-0.2, -0.15) is 0 Å². The Bertz CT molecular complexity index is 816. The molecule has 134 valence electrons. The van der Waals surface area contributed by atoms with Crippen molar-refractivity contribution in [2.24, 2.45) is 5.16 Å². The molecular formula is C20H21N3O3. The average molecular weight is 351 g/mol. The number of amides is 2. The van der Waals surface area contributed by atoms with E-state index in [0.29, 0.717) is 18.8 Å². The van der Waals surface area contributed by atoms with Crippen molar-refractivity contribution in [1.82, 2.24) is 4.90 Å². The van der Waals surface area contributed by atoms with E-state index in [1.807, 2.05) is 54.6 Å². The molecule has 0 radical (unpaired) electrons. The molecular weight excluding hydrogens is 330 g/mol. The molecule has 6 nitrogen and oxygen atoms in total. The van der Waals surface area contributed by atoms with E-state index in [9.17, 15) is 9.59 Å². The van der Waals surface area contributed by atoms with Gasteiger partial charge in [0, 0.05) is 19.0 Å². The molecule has 0 aliphatic carbocycles. The minimum Gasteiger partial charge on any atom is -0.381 e. The number of carbonyl (C=O) groups excluding carboxylic acids is 2. The molecule has 1 atom stereocenters. The highest BCUT2D eigenvalue weighted by Crippen LogP contribution is 2.18. The van der Waals surface area contributed by atoms with Crippen LogP contribution in [0.15, 0.2) is 59.8 Å². The van der Waals surface area contributed by atoms with E-state index in [0.717, 1.165) is 16.8 Å². The lowest BCUT2D eigenvalue weighted by atomic mass is 10.1. The third-order valence-corrected chi connectivity index (χ3v) is 4.12. The summed E-state index contributed by atoms with van der Waals surface area (Å²) in [6.45, 7) is 3.62. The molecule has 1 unspecified atom stereocenters. The molecule has 0 saturated carbocycles. The number of rotatable bonds is 5. The van der Waals surface area contributed by atoms with Crippen LogP contribution in [0.5, 0.6) is 0 Å². The number of hydrogen-bond acceptors (Lipinski definition) is 4. The highest BCUT2D eigenvalue weighted by Gasteiger charge is 2.32. The van der Waals surface area contributed by atoms with E-state index in [1.54, 1.807) is 11.8 Å². The minimum absolute atomic E-state index is 0.104. The van der Waals surface area contributed by atoms with Gasteiger partial charge in [0.1, 0.15) is 5.84 Å². The van der Waals surface area contributed by atoms with Crippen molar-refractivity contribution in [2.45, 2.75) is 32.9 Å². The van der Waals surface area contributed by atoms with Crippen molar-refractivity contribution in [3.05, 3.63) is 65.7 Å². The second-order valence-corrected chi connectivity index (χ2v) is 6.22. The lowest BCUT2D eigenvalue weighted by Crippen LogP contribution is -2.46. The summed E-state index contributed by atoms with van der Waals surface area (Å²) in [5.74, 6) is 0.311. The molecule has 1 heterocycles. The molecule has 0 bridgehead atoms. The fourth-order valence-electron chi connectivity index (χ4n) is 2.79. The summed E-state index contributed by atoms with van der Waals surface area (Å²) in [7, 11) is 0. The number of oxime groups is 1. The predicted molar refractivity (Wildman–Crippen MR) is 99.4 cm³/mol. The summed E-state index contributed by atoms with van der Waals surface area (Å²) in [6.07, 6.45) is -0.145. The zero-order chi connectivity index (χ0) is 18.5. The topological polar surface area (TPSA) is 71.0 Å². The van der Waals surface area contributed by atoms with E-state index in [4.69, 9.17) is 4.84 Å². The monoisotopic (exact) mass is 351 g/mol. The van der Waals surface area contributed by atoms with Gasteiger partial charge in [-0.15, -0.1) is 0 Å². The Balaban J connectivity index is 1.70. The first-order valence-electron chi connectivity index (χ1n) is 8.45. The highest BCUT2D eigenvalue weighted by molar-refractivity contribution is 6.00. The van der Waals surface area contributed by atoms with Gasteiger partial charge < -0.3 is 10.2 Å². The molecule has 0 saturated heterocycles. The number of nitrogens with zero attached hydrogens (tertiary/aromatic N) is 2. The molecule has 1 aliphatic rings. The molecule has 26 heavy (non-hydrogen) atoms. The van der Waals surface area contributed by atoms with Crippen LogP contribution in [0.25, 0.3) is 0 Å². The molecule has 2 aromatic rings. The predicted octanol–water partition coefficient (Wildman–Crippen LogP) is 2.95. The zero-order valence-corrected chi connectivity index (χ0v) is 14.8. The lowest BCUT2D eigenvalue weighted by molar-refractivity contribution is -0.143. The number of benzene rings is 2. The third-order valence-electron chi connectivity index (χ3n) is 4.12. The average Bonchev–Trinajstić information content (AvgIpc) is 2.63. The smallest absolute Gasteiger partial charge is 0.272 e. The fourth-order valence-corrected chi connectivity index (χ4v) is 2.79. The molecule has 2 aromatic carbocycles. The Morgan fingerprint density at radius 3 is 2.46 bits per heavy atom. The van der Waals surface area contributed by atoms with Gasteiger partial charge in [0.15, 0.2) is 0 Å². The fraction of sp³-hybridized carbons (Fsp3) is 0.250. The van der Waals surface area contributed by atoms with Crippen molar-refractivity contribution in [1.29, 1.82) is 0 Å². The van der Waals surface area contributed by atoms with Crippen molar-refractivity contribution in [2.75, 3.05) is 5.32 Å². The minimum atomic E-state index is -0.625. The molecule has 3 rings (SSSR count). The van der Waals surface area contributed by atoms with Crippen LogP contribution in [0.4, 0.5) is 5.69 Å². The van der Waals surface area contributed by atoms with Crippen LogP contribution in [0.2, 0.25) is 0 Å². The SMILES string of the molecule is CC(=O)Nc1ccc(CN2C(=O)C(Cc3ccccc3)ON=C2C)cc1. The van der Waals surface area contributed by atoms with Crippen molar-refractivity contribution in [3.63, 3.8) is 0 Å². The largest absolute Gasteiger partial charge is 0.381 e. The molecule has 0 fully saturated rings. The van der Waals surface area contributed by atoms with E-state index < -0.39 is 6.10 Å². The van der Waals surface area contributed by atoms with Gasteiger partial charge in [-0.3, -0.25) is 14.5 Å². The van der Waals surface area contributed by atoms with Crippen LogP contribution < -0.4 is 5.32 Å². The summed E-state index contributed by atoms with van der Waals surface area (Å²) in [5, 5.41) is 6.78. The Morgan fingerprint density at radius 2 is 1.81 bits per heavy atom. The third kappa shape index (κ3) is 4.27. The Kier molecular flexibility index (Phi) is 5.31. The molecule has 1 N–H and O–H groups in total. The van der Waals surface area contributed by atoms with Gasteiger partial charge in [-0.25, -0.2) is 0 Å². The first kappa shape index (κ1) is 17.7. The maximum Gasteiger partial charge on any atom is 0.272 e. The number of hydrogen-bond donors (Lipinski definition) is 1. The van der Waals surface area contributed by atoms with Crippen LogP contribution >= 0.6 is 0 Å². The summed E-state index contributed by atoms with van der Waals surface area (Å²) in [6, 6.07) is 17.1. The Morgan fingerprint density at radius 1 is 1.12 bits per heavy atom. The second kappa shape index (κ2) is 7.82. The van der Waals surface area contributed by atoms with Gasteiger partial charge in [-0.05, 0) is 30.2 Å². The first-order chi connectivity index (χ1) is 12.5. The second-order valence-electron chi connectivity index (χ2n) is 6.22. The van der Waals surface area contributed by atoms with Crippen LogP contribution in [-0.2, 0) is 27.4 Å². The Hall–Kier alpha value is -3.15. The van der Waals surface area contributed by atoms with Crippen molar-refractivity contribution in [3.8, 4) is 0 Å². The van der Waals surface area contributed by atoms with Gasteiger partial charge in [0.25, 0.3) is 5.91 Å². The number of amidine groups is 1. The van der Waals surface area contributed by atoms with Crippen LogP contribution in [-0.4, -0.2) is 28.7 Å². The molecule has 6 heteroatoms. The van der Waals surface area contributed by atoms with Crippen molar-refractivity contribution < 1.29 is 14.4 Å². The highest BCUT2D eigenvalue weighted by atomic mass is 16.6. The van der Waals surface area contributed by atoms with E-state index >= 15 is 0 Å². The normalized spacial score (nSPS) is 16.7. The number of anilines is 1. The van der Waals surface area contributed by atoms with Crippen LogP contribution in [0, 0.1) is 0 Å². The molecule has 1 aliphatic heterocycles. The van der Waals surface area contributed by atoms with Gasteiger partial charge in [-0.1, -0.05) is 47.6 Å². The lowest BCUT2D eigenvalue weighted by Gasteiger charge is -2.30. The van der Waals surface area contributed by atoms with E-state index in [-0.39, 0.29) is 11.8 Å². The maximum absolute atomic E-state index is 12.8. The van der Waals surface area contributed by atoms with Gasteiger partial charge in [0.2, 0.25) is 12.0 Å². The Labute approximate surface area is 152 Å². The molecule has 0 aromatic heterocycles. The van der Waals surface area contributed by atoms with Gasteiger partial charge >= 0.3 is 0 Å². The summed E-state index contributed by atoms with van der Waals surface area (Å²) >= 11 is 0. The summed E-state index contributed by atoms with van der Waals surface area (Å²) in [4.78, 5) is 30.9. The molecule has 0 spiro atoms. The zero-order valence-electron chi connectivity index (χ0n) is 14.8. The number of nitrogens with one attached hydrogen (secondary N) is 1. The summed E-state index contributed by atoms with van der Waals surface area (Å²) in [5.41, 5.74) is 2.70. The van der Waals surface area contributed by atoms with Crippen LogP contribution in [0.1, 0.15) is 25.0 Å². The first-order valence-corrected chi connectivity index (χ1v) is 8.45. The van der Waals surface area contributed by atoms with Crippen LogP contribution in [0.3, 0.4) is 0 Å². The quantitative estimate of drug-likeness (QED) is 0.900. The molecule has 2 amide bonds. The van der Waals surface area contributed by atoms with E-state index in [1.165, 1.54) is 6.92 Å². The van der Waals surface area contributed by atoms with E-state index in [2.05, 4.69) is 10.5 Å². The summed E-state index contributed by atoms with van der Waals surface area (Å²) < 4.78 is 0. The maximum atomic E-state index is 12.8. The van der Waals surface area contributed by atoms with Crippen molar-refractivity contribution >= 4 is 23.3 Å². The standard InChI is InChI=1S/C20H21N3O3/c1-14-22-26-19(12-16-6-4-3-5-7-16)20(25)23(14)13-17-8-10-18(11-9-17)21-15(2)24/h3-11,19H,12-13H2,1-2H3,(H,21,24). The van der Waals surface area contributed by atoms with Gasteiger partial charge in [0.05, 0.1) is 6.54 Å². The number of carbonyl (C=O) groups is 2.